The Morgan fingerprint density at radius 3 is 2.48 bits per heavy atom. The maximum atomic E-state index is 13.1. The summed E-state index contributed by atoms with van der Waals surface area (Å²) in [6.45, 7) is 6.08. The van der Waals surface area contributed by atoms with Gasteiger partial charge in [0.25, 0.3) is 5.91 Å². The van der Waals surface area contributed by atoms with E-state index in [4.69, 9.17) is 4.74 Å². The summed E-state index contributed by atoms with van der Waals surface area (Å²) >= 11 is 0. The molecule has 0 radical (unpaired) electrons. The minimum absolute atomic E-state index is 0.0170. The average molecular weight is 328 g/mol. The van der Waals surface area contributed by atoms with Crippen LogP contribution < -0.4 is 10.6 Å². The first-order valence-corrected chi connectivity index (χ1v) is 7.50. The lowest BCUT2D eigenvalue weighted by atomic mass is 10.0. The normalized spacial score (nSPS) is 11.9. The summed E-state index contributed by atoms with van der Waals surface area (Å²) in [4.78, 5) is 23.5. The van der Waals surface area contributed by atoms with E-state index in [-0.39, 0.29) is 24.8 Å². The third kappa shape index (κ3) is 6.63. The van der Waals surface area contributed by atoms with Crippen molar-refractivity contribution in [1.29, 1.82) is 0 Å². The summed E-state index contributed by atoms with van der Waals surface area (Å²) in [5, 5.41) is 5.27. The lowest BCUT2D eigenvalue weighted by Crippen LogP contribution is -2.44. The highest BCUT2D eigenvalue weighted by Crippen LogP contribution is 2.09. The highest BCUT2D eigenvalue weighted by Gasteiger charge is 2.17. The number of ether oxygens (including phenoxy) is 1. The third-order valence-corrected chi connectivity index (χ3v) is 3.04. The van der Waals surface area contributed by atoms with Gasteiger partial charge < -0.3 is 15.4 Å². The van der Waals surface area contributed by atoms with Crippen LogP contribution >= 0.6 is 0 Å². The molecule has 0 spiro atoms. The van der Waals surface area contributed by atoms with Gasteiger partial charge in [-0.15, -0.1) is 0 Å². The maximum absolute atomic E-state index is 13.1. The van der Waals surface area contributed by atoms with Crippen LogP contribution in [0.4, 0.5) is 13.6 Å². The second-order valence-electron chi connectivity index (χ2n) is 5.53. The maximum Gasteiger partial charge on any atom is 0.407 e. The Bertz CT molecular complexity index is 550. The fourth-order valence-corrected chi connectivity index (χ4v) is 2.06. The molecule has 0 fully saturated rings. The molecule has 0 bridgehead atoms. The summed E-state index contributed by atoms with van der Waals surface area (Å²) in [7, 11) is 0. The number of hydrogen-bond donors (Lipinski definition) is 2. The molecule has 1 atom stereocenters. The molecule has 2 amide bonds. The molecule has 0 saturated carbocycles. The van der Waals surface area contributed by atoms with Gasteiger partial charge in [-0.05, 0) is 37.5 Å². The van der Waals surface area contributed by atoms with Gasteiger partial charge in [-0.1, -0.05) is 13.8 Å². The van der Waals surface area contributed by atoms with Crippen molar-refractivity contribution >= 4 is 12.0 Å². The van der Waals surface area contributed by atoms with Crippen LogP contribution in [0.3, 0.4) is 0 Å². The molecule has 0 heterocycles. The molecule has 0 aliphatic rings. The van der Waals surface area contributed by atoms with E-state index in [1.807, 2.05) is 13.8 Å². The van der Waals surface area contributed by atoms with Crippen LogP contribution in [-0.4, -0.2) is 31.2 Å². The van der Waals surface area contributed by atoms with Crippen LogP contribution in [0.15, 0.2) is 18.2 Å². The lowest BCUT2D eigenvalue weighted by molar-refractivity contribution is 0.0944. The summed E-state index contributed by atoms with van der Waals surface area (Å²) in [5.74, 6) is -2.34. The van der Waals surface area contributed by atoms with E-state index in [0.717, 1.165) is 12.1 Å². The fourth-order valence-electron chi connectivity index (χ4n) is 2.06. The van der Waals surface area contributed by atoms with Gasteiger partial charge in [0, 0.05) is 18.2 Å². The van der Waals surface area contributed by atoms with Crippen molar-refractivity contribution in [2.45, 2.75) is 33.2 Å². The largest absolute Gasteiger partial charge is 0.450 e. The van der Waals surface area contributed by atoms with E-state index in [0.29, 0.717) is 12.3 Å². The molecule has 1 rings (SSSR count). The van der Waals surface area contributed by atoms with Crippen LogP contribution in [0.25, 0.3) is 0 Å². The molecule has 128 valence electrons. The van der Waals surface area contributed by atoms with Crippen molar-refractivity contribution in [2.24, 2.45) is 5.92 Å². The molecule has 23 heavy (non-hydrogen) atoms. The molecule has 2 N–H and O–H groups in total. The first-order valence-electron chi connectivity index (χ1n) is 7.50. The molecular weight excluding hydrogens is 306 g/mol. The van der Waals surface area contributed by atoms with Crippen LogP contribution in [0, 0.1) is 17.6 Å². The number of carbonyl (C=O) groups is 2. The summed E-state index contributed by atoms with van der Waals surface area (Å²) in [6, 6.07) is 2.61. The predicted octanol–water partition coefficient (Wildman–Crippen LogP) is 2.86. The van der Waals surface area contributed by atoms with Gasteiger partial charge in [0.15, 0.2) is 11.6 Å². The van der Waals surface area contributed by atoms with Crippen molar-refractivity contribution < 1.29 is 23.1 Å². The molecular formula is C16H22F2N2O3. The molecule has 0 saturated heterocycles. The standard InChI is InChI=1S/C16H22F2N2O3/c1-4-23-16(22)20-12(7-10(2)3)9-19-15(21)11-5-6-13(17)14(18)8-11/h5-6,8,10,12H,4,7,9H2,1-3H3,(H,19,21)(H,20,22). The van der Waals surface area contributed by atoms with Crippen molar-refractivity contribution in [2.75, 3.05) is 13.2 Å². The number of benzene rings is 1. The van der Waals surface area contributed by atoms with Crippen molar-refractivity contribution in [3.63, 3.8) is 0 Å². The number of amides is 2. The average Bonchev–Trinajstić information content (AvgIpc) is 2.47. The summed E-state index contributed by atoms with van der Waals surface area (Å²) in [6.07, 6.45) is 0.0804. The van der Waals surface area contributed by atoms with E-state index in [1.54, 1.807) is 6.92 Å². The first-order chi connectivity index (χ1) is 10.8. The van der Waals surface area contributed by atoms with Gasteiger partial charge in [-0.3, -0.25) is 4.79 Å². The smallest absolute Gasteiger partial charge is 0.407 e. The zero-order valence-corrected chi connectivity index (χ0v) is 13.5. The Hall–Kier alpha value is -2.18. The second-order valence-corrected chi connectivity index (χ2v) is 5.53. The van der Waals surface area contributed by atoms with E-state index in [9.17, 15) is 18.4 Å². The molecule has 1 unspecified atom stereocenters. The minimum Gasteiger partial charge on any atom is -0.450 e. The third-order valence-electron chi connectivity index (χ3n) is 3.04. The Kier molecular flexibility index (Phi) is 7.44. The van der Waals surface area contributed by atoms with Crippen LogP contribution in [0.1, 0.15) is 37.6 Å². The number of halogens is 2. The van der Waals surface area contributed by atoms with E-state index < -0.39 is 23.6 Å². The second kappa shape index (κ2) is 9.07. The predicted molar refractivity (Wildman–Crippen MR) is 82.1 cm³/mol. The summed E-state index contributed by atoms with van der Waals surface area (Å²) in [5.41, 5.74) is 0.0170. The topological polar surface area (TPSA) is 67.4 Å². The highest BCUT2D eigenvalue weighted by atomic mass is 19.2. The molecule has 1 aromatic carbocycles. The number of carbonyl (C=O) groups excluding carboxylic acids is 2. The van der Waals surface area contributed by atoms with Gasteiger partial charge in [0.05, 0.1) is 6.61 Å². The van der Waals surface area contributed by atoms with Crippen LogP contribution in [0.2, 0.25) is 0 Å². The zero-order valence-electron chi connectivity index (χ0n) is 13.5. The van der Waals surface area contributed by atoms with Gasteiger partial charge in [0.1, 0.15) is 0 Å². The number of alkyl carbamates (subject to hydrolysis) is 1. The Balaban J connectivity index is 2.63. The van der Waals surface area contributed by atoms with Gasteiger partial charge in [-0.25, -0.2) is 13.6 Å². The Morgan fingerprint density at radius 1 is 1.22 bits per heavy atom. The van der Waals surface area contributed by atoms with E-state index in [2.05, 4.69) is 10.6 Å². The fraction of sp³-hybridized carbons (Fsp3) is 0.500. The highest BCUT2D eigenvalue weighted by molar-refractivity contribution is 5.94. The van der Waals surface area contributed by atoms with E-state index >= 15 is 0 Å². The van der Waals surface area contributed by atoms with Gasteiger partial charge in [0.2, 0.25) is 0 Å². The number of hydrogen-bond acceptors (Lipinski definition) is 3. The molecule has 1 aromatic rings. The number of rotatable bonds is 7. The van der Waals surface area contributed by atoms with Crippen molar-refractivity contribution in [1.82, 2.24) is 10.6 Å². The lowest BCUT2D eigenvalue weighted by Gasteiger charge is -2.20. The Labute approximate surface area is 134 Å². The quantitative estimate of drug-likeness (QED) is 0.809. The molecule has 0 aliphatic carbocycles. The van der Waals surface area contributed by atoms with E-state index in [1.165, 1.54) is 6.07 Å². The summed E-state index contributed by atoms with van der Waals surface area (Å²) < 4.78 is 30.8. The monoisotopic (exact) mass is 328 g/mol. The number of nitrogens with one attached hydrogen (secondary N) is 2. The first kappa shape index (κ1) is 18.9. The van der Waals surface area contributed by atoms with Crippen molar-refractivity contribution in [3.05, 3.63) is 35.4 Å². The SMILES string of the molecule is CCOC(=O)NC(CNC(=O)c1ccc(F)c(F)c1)CC(C)C. The van der Waals surface area contributed by atoms with Crippen LogP contribution in [0.5, 0.6) is 0 Å². The Morgan fingerprint density at radius 2 is 1.91 bits per heavy atom. The van der Waals surface area contributed by atoms with Gasteiger partial charge in [-0.2, -0.15) is 0 Å². The van der Waals surface area contributed by atoms with Gasteiger partial charge >= 0.3 is 6.09 Å². The van der Waals surface area contributed by atoms with Crippen molar-refractivity contribution in [3.8, 4) is 0 Å². The zero-order chi connectivity index (χ0) is 17.4. The minimum atomic E-state index is -1.08. The molecule has 0 aromatic heterocycles. The van der Waals surface area contributed by atoms with Crippen LogP contribution in [-0.2, 0) is 4.74 Å². The molecule has 0 aliphatic heterocycles. The molecule has 7 heteroatoms. The molecule has 5 nitrogen and oxygen atoms in total.